The number of nitrogens with zero attached hydrogens (tertiary/aromatic N) is 2. The van der Waals surface area contributed by atoms with Crippen molar-refractivity contribution in [2.45, 2.75) is 11.9 Å². The van der Waals surface area contributed by atoms with Gasteiger partial charge in [-0.25, -0.2) is 14.8 Å². The van der Waals surface area contributed by atoms with Crippen molar-refractivity contribution < 1.29 is 14.3 Å². The third-order valence-corrected chi connectivity index (χ3v) is 5.17. The van der Waals surface area contributed by atoms with E-state index < -0.39 is 5.97 Å². The fourth-order valence-corrected chi connectivity index (χ4v) is 3.63. The van der Waals surface area contributed by atoms with Crippen LogP contribution >= 0.6 is 23.1 Å². The molecule has 0 fully saturated rings. The Balaban J connectivity index is 1.79. The van der Waals surface area contributed by atoms with Crippen molar-refractivity contribution in [2.24, 2.45) is 0 Å². The standard InChI is InChI=1S/C19H16N2O3S2/c1-12-16(18(25-2)21-17(20-12)15-9-6-10-26-15)19(23)24-11-14(22)13-7-4-3-5-8-13/h3-10H,11H2,1-2H3. The molecule has 132 valence electrons. The molecule has 0 saturated heterocycles. The second kappa shape index (κ2) is 8.25. The van der Waals surface area contributed by atoms with E-state index in [1.54, 1.807) is 31.2 Å². The highest BCUT2D eigenvalue weighted by Gasteiger charge is 2.21. The number of aromatic nitrogens is 2. The number of ketones is 1. The Labute approximate surface area is 159 Å². The average molecular weight is 384 g/mol. The monoisotopic (exact) mass is 384 g/mol. The van der Waals surface area contributed by atoms with Gasteiger partial charge in [-0.2, -0.15) is 0 Å². The van der Waals surface area contributed by atoms with Crippen molar-refractivity contribution in [2.75, 3.05) is 12.9 Å². The molecule has 2 aromatic heterocycles. The molecule has 7 heteroatoms. The normalized spacial score (nSPS) is 10.5. The van der Waals surface area contributed by atoms with Crippen molar-refractivity contribution in [3.63, 3.8) is 0 Å². The predicted molar refractivity (Wildman–Crippen MR) is 103 cm³/mol. The van der Waals surface area contributed by atoms with E-state index in [9.17, 15) is 9.59 Å². The van der Waals surface area contributed by atoms with E-state index in [0.717, 1.165) is 4.88 Å². The SMILES string of the molecule is CSc1nc(-c2cccs2)nc(C)c1C(=O)OCC(=O)c1ccccc1. The summed E-state index contributed by atoms with van der Waals surface area (Å²) in [5.41, 5.74) is 1.34. The largest absolute Gasteiger partial charge is 0.454 e. The van der Waals surface area contributed by atoms with Crippen LogP contribution in [0.25, 0.3) is 10.7 Å². The number of Topliss-reactive ketones (excluding diaryl/α,β-unsaturated/α-hetero) is 1. The molecule has 0 spiro atoms. The van der Waals surface area contributed by atoms with Crippen LogP contribution in [-0.2, 0) is 4.74 Å². The maximum Gasteiger partial charge on any atom is 0.343 e. The minimum absolute atomic E-state index is 0.251. The summed E-state index contributed by atoms with van der Waals surface area (Å²) in [5.74, 6) is -0.258. The molecule has 1 aromatic carbocycles. The molecule has 2 heterocycles. The third-order valence-electron chi connectivity index (χ3n) is 3.63. The minimum Gasteiger partial charge on any atom is -0.454 e. The summed E-state index contributed by atoms with van der Waals surface area (Å²) in [6.45, 7) is 1.43. The number of hydrogen-bond donors (Lipinski definition) is 0. The zero-order valence-electron chi connectivity index (χ0n) is 14.3. The molecule has 0 unspecified atom stereocenters. The number of hydrogen-bond acceptors (Lipinski definition) is 7. The van der Waals surface area contributed by atoms with Gasteiger partial charge in [0, 0.05) is 5.56 Å². The number of thiophene rings is 1. The van der Waals surface area contributed by atoms with Crippen LogP contribution in [0.4, 0.5) is 0 Å². The summed E-state index contributed by atoms with van der Waals surface area (Å²) in [6, 6.07) is 12.6. The van der Waals surface area contributed by atoms with Crippen LogP contribution in [0.3, 0.4) is 0 Å². The summed E-state index contributed by atoms with van der Waals surface area (Å²) in [7, 11) is 0. The maximum absolute atomic E-state index is 12.5. The second-order valence-electron chi connectivity index (χ2n) is 5.36. The Bertz CT molecular complexity index is 925. The molecule has 3 rings (SSSR count). The highest BCUT2D eigenvalue weighted by Crippen LogP contribution is 2.27. The van der Waals surface area contributed by atoms with Crippen LogP contribution < -0.4 is 0 Å². The number of aryl methyl sites for hydroxylation is 1. The summed E-state index contributed by atoms with van der Waals surface area (Å²) < 4.78 is 5.22. The Morgan fingerprint density at radius 3 is 2.54 bits per heavy atom. The minimum atomic E-state index is -0.589. The topological polar surface area (TPSA) is 69.2 Å². The van der Waals surface area contributed by atoms with Crippen molar-refractivity contribution in [3.8, 4) is 10.7 Å². The van der Waals surface area contributed by atoms with Crippen LogP contribution in [-0.4, -0.2) is 34.6 Å². The second-order valence-corrected chi connectivity index (χ2v) is 7.10. The number of benzene rings is 1. The smallest absolute Gasteiger partial charge is 0.343 e. The van der Waals surface area contributed by atoms with Gasteiger partial charge in [-0.3, -0.25) is 4.79 Å². The van der Waals surface area contributed by atoms with Crippen LogP contribution in [0.1, 0.15) is 26.4 Å². The molecule has 3 aromatic rings. The summed E-state index contributed by atoms with van der Waals surface area (Å²) in [4.78, 5) is 34.5. The summed E-state index contributed by atoms with van der Waals surface area (Å²) >= 11 is 2.88. The van der Waals surface area contributed by atoms with Crippen LogP contribution in [0.5, 0.6) is 0 Å². The molecule has 0 aliphatic rings. The molecule has 0 bridgehead atoms. The molecule has 0 N–H and O–H groups in total. The number of carbonyl (C=O) groups excluding carboxylic acids is 2. The van der Waals surface area contributed by atoms with Gasteiger partial charge in [-0.1, -0.05) is 36.4 Å². The quantitative estimate of drug-likeness (QED) is 0.273. The molecule has 0 saturated carbocycles. The number of esters is 1. The highest BCUT2D eigenvalue weighted by molar-refractivity contribution is 7.98. The molecule has 0 aliphatic heterocycles. The third kappa shape index (κ3) is 4.00. The van der Waals surface area contributed by atoms with E-state index in [-0.39, 0.29) is 12.4 Å². The van der Waals surface area contributed by atoms with Gasteiger partial charge in [-0.05, 0) is 24.6 Å². The molecular formula is C19H16N2O3S2. The van der Waals surface area contributed by atoms with Gasteiger partial charge in [0.05, 0.1) is 10.6 Å². The fourth-order valence-electron chi connectivity index (χ4n) is 2.36. The lowest BCUT2D eigenvalue weighted by molar-refractivity contribution is 0.0469. The fraction of sp³-hybridized carbons (Fsp3) is 0.158. The number of rotatable bonds is 6. The molecule has 5 nitrogen and oxygen atoms in total. The molecule has 0 amide bonds. The maximum atomic E-state index is 12.5. The number of ether oxygens (including phenoxy) is 1. The van der Waals surface area contributed by atoms with Crippen molar-refractivity contribution in [1.29, 1.82) is 0 Å². The van der Waals surface area contributed by atoms with E-state index in [1.165, 1.54) is 23.1 Å². The predicted octanol–water partition coefficient (Wildman–Crippen LogP) is 4.28. The lowest BCUT2D eigenvalue weighted by atomic mass is 10.1. The lowest BCUT2D eigenvalue weighted by Crippen LogP contribution is -2.17. The number of thioether (sulfide) groups is 1. The Hall–Kier alpha value is -2.51. The van der Waals surface area contributed by atoms with Gasteiger partial charge in [0.25, 0.3) is 0 Å². The van der Waals surface area contributed by atoms with Gasteiger partial charge in [0.15, 0.2) is 18.2 Å². The van der Waals surface area contributed by atoms with E-state index in [0.29, 0.717) is 27.7 Å². The van der Waals surface area contributed by atoms with E-state index in [4.69, 9.17) is 4.74 Å². The summed E-state index contributed by atoms with van der Waals surface area (Å²) in [5, 5.41) is 2.49. The number of carbonyl (C=O) groups is 2. The van der Waals surface area contributed by atoms with Crippen LogP contribution in [0.2, 0.25) is 0 Å². The zero-order chi connectivity index (χ0) is 18.5. The van der Waals surface area contributed by atoms with Gasteiger partial charge in [0.2, 0.25) is 0 Å². The van der Waals surface area contributed by atoms with E-state index >= 15 is 0 Å². The first-order chi connectivity index (χ1) is 12.6. The van der Waals surface area contributed by atoms with E-state index in [2.05, 4.69) is 9.97 Å². The van der Waals surface area contributed by atoms with Gasteiger partial charge in [0.1, 0.15) is 10.6 Å². The van der Waals surface area contributed by atoms with Crippen molar-refractivity contribution in [3.05, 3.63) is 64.7 Å². The van der Waals surface area contributed by atoms with Gasteiger partial charge in [-0.15, -0.1) is 23.1 Å². The first-order valence-electron chi connectivity index (χ1n) is 7.82. The van der Waals surface area contributed by atoms with Crippen LogP contribution in [0, 0.1) is 6.92 Å². The Kier molecular flexibility index (Phi) is 5.80. The van der Waals surface area contributed by atoms with Gasteiger partial charge < -0.3 is 4.74 Å². The van der Waals surface area contributed by atoms with Crippen LogP contribution in [0.15, 0.2) is 52.9 Å². The Morgan fingerprint density at radius 1 is 1.12 bits per heavy atom. The highest BCUT2D eigenvalue weighted by atomic mass is 32.2. The Morgan fingerprint density at radius 2 is 1.88 bits per heavy atom. The molecule has 0 radical (unpaired) electrons. The van der Waals surface area contributed by atoms with Crippen molar-refractivity contribution in [1.82, 2.24) is 9.97 Å². The van der Waals surface area contributed by atoms with Gasteiger partial charge >= 0.3 is 5.97 Å². The molecule has 0 aliphatic carbocycles. The summed E-state index contributed by atoms with van der Waals surface area (Å²) in [6.07, 6.45) is 1.84. The molecule has 0 atom stereocenters. The molecule has 26 heavy (non-hydrogen) atoms. The first kappa shape index (κ1) is 18.3. The van der Waals surface area contributed by atoms with E-state index in [1.807, 2.05) is 29.8 Å². The average Bonchev–Trinajstić information content (AvgIpc) is 3.20. The zero-order valence-corrected chi connectivity index (χ0v) is 15.9. The molecular weight excluding hydrogens is 368 g/mol. The first-order valence-corrected chi connectivity index (χ1v) is 9.92. The lowest BCUT2D eigenvalue weighted by Gasteiger charge is -2.11. The van der Waals surface area contributed by atoms with Crippen molar-refractivity contribution >= 4 is 34.9 Å².